The Labute approximate surface area is 166 Å². The first-order valence-corrected chi connectivity index (χ1v) is 9.64. The molecule has 0 atom stereocenters. The lowest BCUT2D eigenvalue weighted by atomic mass is 10.1. The third kappa shape index (κ3) is 5.65. The zero-order valence-corrected chi connectivity index (χ0v) is 16.1. The molecule has 3 rings (SSSR count). The molecule has 28 heavy (non-hydrogen) atoms. The van der Waals surface area contributed by atoms with E-state index in [0.29, 0.717) is 12.0 Å². The molecule has 0 bridgehead atoms. The number of pyridine rings is 1. The van der Waals surface area contributed by atoms with Gasteiger partial charge in [-0.25, -0.2) is 0 Å². The fraction of sp³-hybridized carbons (Fsp3) is 0.211. The van der Waals surface area contributed by atoms with Crippen LogP contribution in [0.1, 0.15) is 27.9 Å². The molecule has 2 heterocycles. The van der Waals surface area contributed by atoms with Gasteiger partial charge in [0.05, 0.1) is 0 Å². The molecule has 0 aliphatic carbocycles. The zero-order valence-electron chi connectivity index (χ0n) is 15.3. The van der Waals surface area contributed by atoms with Crippen molar-refractivity contribution in [3.05, 3.63) is 71.8 Å². The number of rotatable bonds is 7. The van der Waals surface area contributed by atoms with Gasteiger partial charge in [0, 0.05) is 37.2 Å². The summed E-state index contributed by atoms with van der Waals surface area (Å²) in [7, 11) is 1.89. The number of carbonyl (C=O) groups excluding carboxylic acids is 2. The molecule has 144 valence electrons. The van der Waals surface area contributed by atoms with E-state index in [1.165, 1.54) is 0 Å². The van der Waals surface area contributed by atoms with Gasteiger partial charge in [-0.3, -0.25) is 25.4 Å². The van der Waals surface area contributed by atoms with Gasteiger partial charge in [0.1, 0.15) is 6.33 Å². The third-order valence-corrected chi connectivity index (χ3v) is 5.04. The van der Waals surface area contributed by atoms with E-state index < -0.39 is 0 Å². The van der Waals surface area contributed by atoms with Gasteiger partial charge in [-0.2, -0.15) is 0 Å². The Hall–Kier alpha value is -3.20. The molecule has 3 aromatic rings. The molecule has 0 saturated carbocycles. The van der Waals surface area contributed by atoms with E-state index in [2.05, 4.69) is 26.0 Å². The minimum atomic E-state index is -0.359. The molecular formula is C19H20N6O2S. The summed E-state index contributed by atoms with van der Waals surface area (Å²) in [5.41, 5.74) is 7.37. The van der Waals surface area contributed by atoms with Gasteiger partial charge < -0.3 is 4.57 Å². The Morgan fingerprint density at radius 1 is 1.11 bits per heavy atom. The van der Waals surface area contributed by atoms with Gasteiger partial charge in [0.2, 0.25) is 5.91 Å². The van der Waals surface area contributed by atoms with Gasteiger partial charge >= 0.3 is 0 Å². The molecule has 0 saturated heterocycles. The van der Waals surface area contributed by atoms with Crippen molar-refractivity contribution in [2.75, 3.05) is 0 Å². The molecule has 0 unspecified atom stereocenters. The summed E-state index contributed by atoms with van der Waals surface area (Å²) in [5.74, 6) is 0.107. The van der Waals surface area contributed by atoms with Crippen LogP contribution in [-0.4, -0.2) is 31.6 Å². The molecule has 8 nitrogen and oxygen atoms in total. The largest absolute Gasteiger partial charge is 0.312 e. The van der Waals surface area contributed by atoms with Gasteiger partial charge in [0.15, 0.2) is 5.16 Å². The van der Waals surface area contributed by atoms with Crippen molar-refractivity contribution in [3.8, 4) is 0 Å². The Balaban J connectivity index is 1.42. The summed E-state index contributed by atoms with van der Waals surface area (Å²) in [6.45, 7) is 0. The van der Waals surface area contributed by atoms with Crippen molar-refractivity contribution in [1.82, 2.24) is 30.6 Å². The van der Waals surface area contributed by atoms with Crippen molar-refractivity contribution < 1.29 is 9.59 Å². The number of carbonyl (C=O) groups is 2. The number of aromatic nitrogens is 4. The molecule has 0 radical (unpaired) electrons. The highest BCUT2D eigenvalue weighted by molar-refractivity contribution is 7.98. The summed E-state index contributed by atoms with van der Waals surface area (Å²) in [6, 6.07) is 10.9. The maximum absolute atomic E-state index is 12.2. The number of hydrazine groups is 1. The number of nitrogens with zero attached hydrogens (tertiary/aromatic N) is 4. The second kappa shape index (κ2) is 9.65. The predicted molar refractivity (Wildman–Crippen MR) is 105 cm³/mol. The molecule has 0 spiro atoms. The van der Waals surface area contributed by atoms with Crippen LogP contribution in [0.5, 0.6) is 0 Å². The number of aryl methyl sites for hydroxylation is 2. The Morgan fingerprint density at radius 3 is 2.61 bits per heavy atom. The van der Waals surface area contributed by atoms with Crippen LogP contribution in [0, 0.1) is 0 Å². The highest BCUT2D eigenvalue weighted by atomic mass is 32.2. The highest BCUT2D eigenvalue weighted by Crippen LogP contribution is 2.20. The monoisotopic (exact) mass is 396 g/mol. The predicted octanol–water partition coefficient (Wildman–Crippen LogP) is 1.90. The normalized spacial score (nSPS) is 10.5. The van der Waals surface area contributed by atoms with Crippen LogP contribution in [0.15, 0.2) is 60.3 Å². The maximum Gasteiger partial charge on any atom is 0.269 e. The molecule has 0 aliphatic heterocycles. The van der Waals surface area contributed by atoms with E-state index in [9.17, 15) is 9.59 Å². The van der Waals surface area contributed by atoms with Crippen molar-refractivity contribution in [2.24, 2.45) is 7.05 Å². The second-order valence-electron chi connectivity index (χ2n) is 6.07. The summed E-state index contributed by atoms with van der Waals surface area (Å²) >= 11 is 1.57. The minimum Gasteiger partial charge on any atom is -0.312 e. The van der Waals surface area contributed by atoms with E-state index in [1.807, 2.05) is 35.9 Å². The molecule has 2 aromatic heterocycles. The van der Waals surface area contributed by atoms with Crippen molar-refractivity contribution >= 4 is 23.6 Å². The van der Waals surface area contributed by atoms with Crippen molar-refractivity contribution in [3.63, 3.8) is 0 Å². The molecule has 0 fully saturated rings. The topological polar surface area (TPSA) is 102 Å². The van der Waals surface area contributed by atoms with Crippen LogP contribution < -0.4 is 10.9 Å². The fourth-order valence-corrected chi connectivity index (χ4v) is 3.21. The van der Waals surface area contributed by atoms with E-state index in [-0.39, 0.29) is 18.2 Å². The summed E-state index contributed by atoms with van der Waals surface area (Å²) in [4.78, 5) is 28.0. The van der Waals surface area contributed by atoms with Gasteiger partial charge in [0.25, 0.3) is 5.91 Å². The Morgan fingerprint density at radius 2 is 1.93 bits per heavy atom. The molecule has 0 aliphatic rings. The average molecular weight is 396 g/mol. The Kier molecular flexibility index (Phi) is 6.74. The van der Waals surface area contributed by atoms with Crippen LogP contribution in [0.3, 0.4) is 0 Å². The lowest BCUT2D eigenvalue weighted by Crippen LogP contribution is -2.41. The van der Waals surface area contributed by atoms with Crippen LogP contribution in [0.25, 0.3) is 0 Å². The van der Waals surface area contributed by atoms with Crippen molar-refractivity contribution in [1.29, 1.82) is 0 Å². The summed E-state index contributed by atoms with van der Waals surface area (Å²) in [6.07, 6.45) is 5.89. The number of hydrogen-bond acceptors (Lipinski definition) is 6. The Bertz CT molecular complexity index is 927. The standard InChI is InChI=1S/C19H20N6O2S/c1-25-13-21-24-19(25)28-12-15-4-7-16(8-5-15)18(27)23-22-17(26)9-6-14-3-2-10-20-11-14/h2-5,7-8,10-11,13H,6,9,12H2,1H3,(H,22,26)(H,23,27). The quantitative estimate of drug-likeness (QED) is 0.467. The first-order valence-electron chi connectivity index (χ1n) is 8.65. The van der Waals surface area contributed by atoms with Crippen molar-refractivity contribution in [2.45, 2.75) is 23.8 Å². The lowest BCUT2D eigenvalue weighted by Gasteiger charge is -2.08. The number of amides is 2. The SMILES string of the molecule is Cn1cnnc1SCc1ccc(C(=O)NNC(=O)CCc2cccnc2)cc1. The number of benzene rings is 1. The molecule has 2 N–H and O–H groups in total. The molecule has 2 amide bonds. The second-order valence-corrected chi connectivity index (χ2v) is 7.02. The molecular weight excluding hydrogens is 376 g/mol. The number of nitrogens with one attached hydrogen (secondary N) is 2. The van der Waals surface area contributed by atoms with Crippen LogP contribution in [0.2, 0.25) is 0 Å². The third-order valence-electron chi connectivity index (χ3n) is 3.93. The van der Waals surface area contributed by atoms with Gasteiger partial charge in [-0.15, -0.1) is 10.2 Å². The summed E-state index contributed by atoms with van der Waals surface area (Å²) in [5, 5.41) is 8.69. The van der Waals surface area contributed by atoms with Crippen LogP contribution in [-0.2, 0) is 24.0 Å². The van der Waals surface area contributed by atoms with Crippen LogP contribution in [0.4, 0.5) is 0 Å². The lowest BCUT2D eigenvalue weighted by molar-refractivity contribution is -0.121. The number of thioether (sulfide) groups is 1. The number of hydrogen-bond donors (Lipinski definition) is 2. The van der Waals surface area contributed by atoms with E-state index in [0.717, 1.165) is 22.0 Å². The van der Waals surface area contributed by atoms with Gasteiger partial charge in [-0.05, 0) is 35.7 Å². The average Bonchev–Trinajstić information content (AvgIpc) is 3.15. The van der Waals surface area contributed by atoms with Crippen LogP contribution >= 0.6 is 11.8 Å². The van der Waals surface area contributed by atoms with E-state index >= 15 is 0 Å². The maximum atomic E-state index is 12.2. The minimum absolute atomic E-state index is 0.256. The first kappa shape index (κ1) is 19.6. The molecule has 1 aromatic carbocycles. The molecule has 9 heteroatoms. The van der Waals surface area contributed by atoms with E-state index in [1.54, 1.807) is 42.6 Å². The highest BCUT2D eigenvalue weighted by Gasteiger charge is 2.08. The van der Waals surface area contributed by atoms with E-state index in [4.69, 9.17) is 0 Å². The zero-order chi connectivity index (χ0) is 19.8. The van der Waals surface area contributed by atoms with Gasteiger partial charge in [-0.1, -0.05) is 30.0 Å². The first-order chi connectivity index (χ1) is 13.6. The fourth-order valence-electron chi connectivity index (χ4n) is 2.37. The summed E-state index contributed by atoms with van der Waals surface area (Å²) < 4.78 is 1.85. The smallest absolute Gasteiger partial charge is 0.269 e.